The summed E-state index contributed by atoms with van der Waals surface area (Å²) in [7, 11) is 1.86. The summed E-state index contributed by atoms with van der Waals surface area (Å²) in [6.07, 6.45) is 2.78. The summed E-state index contributed by atoms with van der Waals surface area (Å²) in [6, 6.07) is 9.69. The summed E-state index contributed by atoms with van der Waals surface area (Å²) >= 11 is 0. The Labute approximate surface area is 94.5 Å². The van der Waals surface area contributed by atoms with E-state index in [0.717, 1.165) is 17.7 Å². The molecule has 1 aromatic carbocycles. The third kappa shape index (κ3) is 2.46. The third-order valence-corrected chi connectivity index (χ3v) is 2.67. The fourth-order valence-electron chi connectivity index (χ4n) is 1.66. The number of aromatic nitrogens is 3. The van der Waals surface area contributed by atoms with Crippen LogP contribution in [0.5, 0.6) is 0 Å². The average molecular weight is 217 g/mol. The van der Waals surface area contributed by atoms with Gasteiger partial charge in [-0.15, -0.1) is 5.10 Å². The maximum Gasteiger partial charge on any atom is 0.0793 e. The zero-order valence-electron chi connectivity index (χ0n) is 9.24. The van der Waals surface area contributed by atoms with Crippen molar-refractivity contribution in [1.29, 1.82) is 0 Å². The van der Waals surface area contributed by atoms with Crippen LogP contribution in [0, 0.1) is 0 Å². The molecule has 0 amide bonds. The normalized spacial score (nSPS) is 12.6. The van der Waals surface area contributed by atoms with Crippen LogP contribution in [0.4, 0.5) is 0 Å². The van der Waals surface area contributed by atoms with Gasteiger partial charge in [0.05, 0.1) is 18.0 Å². The van der Waals surface area contributed by atoms with Crippen LogP contribution in [0.1, 0.15) is 23.8 Å². The lowest BCUT2D eigenvalue weighted by atomic mass is 10.0. The Kier molecular flexibility index (Phi) is 3.31. The molecule has 0 spiro atoms. The molecule has 4 nitrogen and oxygen atoms in total. The minimum atomic E-state index is -0.420. The van der Waals surface area contributed by atoms with E-state index in [4.69, 9.17) is 0 Å². The van der Waals surface area contributed by atoms with E-state index in [1.54, 1.807) is 10.9 Å². The summed E-state index contributed by atoms with van der Waals surface area (Å²) in [6.45, 7) is 0. The van der Waals surface area contributed by atoms with Crippen LogP contribution in [-0.4, -0.2) is 20.1 Å². The number of nitrogens with zero attached hydrogens (tertiary/aromatic N) is 3. The number of aliphatic hydroxyl groups is 1. The molecule has 1 N–H and O–H groups in total. The Morgan fingerprint density at radius 3 is 2.69 bits per heavy atom. The molecule has 1 aromatic heterocycles. The monoisotopic (exact) mass is 217 g/mol. The largest absolute Gasteiger partial charge is 0.388 e. The summed E-state index contributed by atoms with van der Waals surface area (Å²) < 4.78 is 1.73. The molecule has 1 unspecified atom stereocenters. The fraction of sp³-hybridized carbons (Fsp3) is 0.333. The minimum Gasteiger partial charge on any atom is -0.388 e. The van der Waals surface area contributed by atoms with Crippen LogP contribution >= 0.6 is 0 Å². The van der Waals surface area contributed by atoms with Gasteiger partial charge in [-0.1, -0.05) is 35.5 Å². The molecular weight excluding hydrogens is 202 g/mol. The van der Waals surface area contributed by atoms with Gasteiger partial charge in [-0.2, -0.15) is 0 Å². The van der Waals surface area contributed by atoms with Crippen LogP contribution in [0.2, 0.25) is 0 Å². The third-order valence-electron chi connectivity index (χ3n) is 2.67. The molecule has 0 aliphatic carbocycles. The summed E-state index contributed by atoms with van der Waals surface area (Å²) in [5, 5.41) is 17.6. The van der Waals surface area contributed by atoms with Gasteiger partial charge >= 0.3 is 0 Å². The van der Waals surface area contributed by atoms with Gasteiger partial charge in [-0.05, 0) is 18.4 Å². The summed E-state index contributed by atoms with van der Waals surface area (Å²) in [4.78, 5) is 0. The van der Waals surface area contributed by atoms with E-state index in [1.165, 1.54) is 0 Å². The van der Waals surface area contributed by atoms with E-state index >= 15 is 0 Å². The molecule has 0 bridgehead atoms. The number of aryl methyl sites for hydroxylation is 2. The molecule has 0 saturated heterocycles. The molecule has 2 rings (SSSR count). The molecule has 1 heterocycles. The SMILES string of the molecule is Cn1nncc1CCC(O)c1ccccc1. The standard InChI is InChI=1S/C12H15N3O/c1-15-11(9-13-14-15)7-8-12(16)10-5-3-2-4-6-10/h2-6,9,12,16H,7-8H2,1H3. The Balaban J connectivity index is 1.94. The molecule has 4 heteroatoms. The Hall–Kier alpha value is -1.68. The smallest absolute Gasteiger partial charge is 0.0793 e. The van der Waals surface area contributed by atoms with E-state index in [-0.39, 0.29) is 0 Å². The van der Waals surface area contributed by atoms with Gasteiger partial charge in [0.1, 0.15) is 0 Å². The minimum absolute atomic E-state index is 0.420. The van der Waals surface area contributed by atoms with Crippen molar-refractivity contribution in [2.45, 2.75) is 18.9 Å². The van der Waals surface area contributed by atoms with Crippen molar-refractivity contribution in [3.05, 3.63) is 47.8 Å². The summed E-state index contributed by atoms with van der Waals surface area (Å²) in [5.41, 5.74) is 1.99. The van der Waals surface area contributed by atoms with Gasteiger partial charge in [0.25, 0.3) is 0 Å². The molecule has 0 aliphatic heterocycles. The van der Waals surface area contributed by atoms with Crippen molar-refractivity contribution in [3.63, 3.8) is 0 Å². The van der Waals surface area contributed by atoms with Crippen molar-refractivity contribution < 1.29 is 5.11 Å². The van der Waals surface area contributed by atoms with Crippen LogP contribution in [0.25, 0.3) is 0 Å². The molecular formula is C12H15N3O. The molecule has 0 radical (unpaired) electrons. The number of benzene rings is 1. The quantitative estimate of drug-likeness (QED) is 0.844. The predicted octanol–water partition coefficient (Wildman–Crippen LogP) is 1.48. The van der Waals surface area contributed by atoms with Gasteiger partial charge in [-0.25, -0.2) is 0 Å². The molecule has 84 valence electrons. The van der Waals surface area contributed by atoms with Crippen molar-refractivity contribution >= 4 is 0 Å². The van der Waals surface area contributed by atoms with Crippen LogP contribution in [0.15, 0.2) is 36.5 Å². The van der Waals surface area contributed by atoms with E-state index in [1.807, 2.05) is 37.4 Å². The number of hydrogen-bond acceptors (Lipinski definition) is 3. The first kappa shape index (κ1) is 10.8. The van der Waals surface area contributed by atoms with E-state index in [0.29, 0.717) is 6.42 Å². The maximum absolute atomic E-state index is 9.96. The zero-order chi connectivity index (χ0) is 11.4. The van der Waals surface area contributed by atoms with Gasteiger partial charge in [-0.3, -0.25) is 4.68 Å². The van der Waals surface area contributed by atoms with Crippen LogP contribution in [-0.2, 0) is 13.5 Å². The predicted molar refractivity (Wildman–Crippen MR) is 60.7 cm³/mol. The topological polar surface area (TPSA) is 50.9 Å². The second kappa shape index (κ2) is 4.90. The van der Waals surface area contributed by atoms with Gasteiger partial charge in [0, 0.05) is 7.05 Å². The highest BCUT2D eigenvalue weighted by atomic mass is 16.3. The Morgan fingerprint density at radius 2 is 2.06 bits per heavy atom. The molecule has 1 atom stereocenters. The molecule has 0 saturated carbocycles. The van der Waals surface area contributed by atoms with E-state index in [9.17, 15) is 5.11 Å². The molecule has 2 aromatic rings. The van der Waals surface area contributed by atoms with Crippen molar-refractivity contribution in [2.24, 2.45) is 7.05 Å². The average Bonchev–Trinajstić information content (AvgIpc) is 2.73. The molecule has 0 aliphatic rings. The highest BCUT2D eigenvalue weighted by Crippen LogP contribution is 2.17. The Morgan fingerprint density at radius 1 is 1.31 bits per heavy atom. The fourth-order valence-corrected chi connectivity index (χ4v) is 1.66. The lowest BCUT2D eigenvalue weighted by Crippen LogP contribution is -2.03. The Bertz CT molecular complexity index is 439. The lowest BCUT2D eigenvalue weighted by molar-refractivity contribution is 0.167. The van der Waals surface area contributed by atoms with Crippen molar-refractivity contribution in [2.75, 3.05) is 0 Å². The number of hydrogen-bond donors (Lipinski definition) is 1. The summed E-state index contributed by atoms with van der Waals surface area (Å²) in [5.74, 6) is 0. The maximum atomic E-state index is 9.96. The highest BCUT2D eigenvalue weighted by Gasteiger charge is 2.08. The number of rotatable bonds is 4. The first-order valence-electron chi connectivity index (χ1n) is 5.34. The van der Waals surface area contributed by atoms with Crippen molar-refractivity contribution in [1.82, 2.24) is 15.0 Å². The molecule has 0 fully saturated rings. The van der Waals surface area contributed by atoms with Crippen LogP contribution < -0.4 is 0 Å². The first-order chi connectivity index (χ1) is 7.77. The van der Waals surface area contributed by atoms with E-state index < -0.39 is 6.10 Å². The van der Waals surface area contributed by atoms with E-state index in [2.05, 4.69) is 10.3 Å². The van der Waals surface area contributed by atoms with Gasteiger partial charge in [0.15, 0.2) is 0 Å². The zero-order valence-corrected chi connectivity index (χ0v) is 9.24. The lowest BCUT2D eigenvalue weighted by Gasteiger charge is -2.10. The molecule has 16 heavy (non-hydrogen) atoms. The number of aliphatic hydroxyl groups excluding tert-OH is 1. The van der Waals surface area contributed by atoms with Crippen molar-refractivity contribution in [3.8, 4) is 0 Å². The second-order valence-electron chi connectivity index (χ2n) is 3.81. The van der Waals surface area contributed by atoms with Crippen LogP contribution in [0.3, 0.4) is 0 Å². The second-order valence-corrected chi connectivity index (χ2v) is 3.81. The first-order valence-corrected chi connectivity index (χ1v) is 5.34. The highest BCUT2D eigenvalue weighted by molar-refractivity contribution is 5.17. The van der Waals surface area contributed by atoms with Gasteiger partial charge in [0.2, 0.25) is 0 Å². The van der Waals surface area contributed by atoms with Gasteiger partial charge < -0.3 is 5.11 Å².